The van der Waals surface area contributed by atoms with Crippen molar-refractivity contribution >= 4 is 17.4 Å². The number of urea groups is 1. The number of hydrogen-bond acceptors (Lipinski definition) is 4. The molecule has 7 heteroatoms. The van der Waals surface area contributed by atoms with Crippen molar-refractivity contribution in [1.82, 2.24) is 4.90 Å². The van der Waals surface area contributed by atoms with Crippen LogP contribution in [0.25, 0.3) is 0 Å². The van der Waals surface area contributed by atoms with Crippen LogP contribution in [-0.2, 0) is 0 Å². The SMILES string of the molecule is Cc1ccc([N+](=O)[O-])c(C)c1NC(=O)N1CC[C@H](O)[C@@H](C)C1. The Balaban J connectivity index is 2.18. The predicted molar refractivity (Wildman–Crippen MR) is 82.9 cm³/mol. The number of anilines is 1. The van der Waals surface area contributed by atoms with Crippen LogP contribution in [-0.4, -0.2) is 40.2 Å². The molecular formula is C15H21N3O4. The van der Waals surface area contributed by atoms with Crippen LogP contribution in [0, 0.1) is 29.9 Å². The summed E-state index contributed by atoms with van der Waals surface area (Å²) in [6.45, 7) is 6.27. The number of nitrogens with zero attached hydrogens (tertiary/aromatic N) is 2. The number of piperidine rings is 1. The summed E-state index contributed by atoms with van der Waals surface area (Å²) >= 11 is 0. The third kappa shape index (κ3) is 3.19. The zero-order valence-corrected chi connectivity index (χ0v) is 13.0. The first-order valence-electron chi connectivity index (χ1n) is 7.30. The van der Waals surface area contributed by atoms with Gasteiger partial charge >= 0.3 is 6.03 Å². The molecule has 0 unspecified atom stereocenters. The highest BCUT2D eigenvalue weighted by molar-refractivity contribution is 5.92. The van der Waals surface area contributed by atoms with Gasteiger partial charge in [0.2, 0.25) is 0 Å². The third-order valence-corrected chi connectivity index (χ3v) is 4.22. The zero-order valence-electron chi connectivity index (χ0n) is 13.0. The van der Waals surface area contributed by atoms with Crippen molar-refractivity contribution in [3.8, 4) is 0 Å². The van der Waals surface area contributed by atoms with Gasteiger partial charge in [-0.3, -0.25) is 10.1 Å². The fraction of sp³-hybridized carbons (Fsp3) is 0.533. The quantitative estimate of drug-likeness (QED) is 0.648. The number of likely N-dealkylation sites (tertiary alicyclic amines) is 1. The molecule has 1 aliphatic rings. The average molecular weight is 307 g/mol. The molecule has 0 bridgehead atoms. The van der Waals surface area contributed by atoms with E-state index in [9.17, 15) is 20.0 Å². The molecule has 2 rings (SSSR count). The molecule has 2 atom stereocenters. The number of amides is 2. The standard InChI is InChI=1S/C15H21N3O4/c1-9-4-5-12(18(21)22)11(3)14(9)16-15(20)17-7-6-13(19)10(2)8-17/h4-5,10,13,19H,6-8H2,1-3H3,(H,16,20)/t10-,13-/m0/s1. The second-order valence-electron chi connectivity index (χ2n) is 5.87. The number of aryl methyl sites for hydroxylation is 1. The topological polar surface area (TPSA) is 95.7 Å². The van der Waals surface area contributed by atoms with Crippen molar-refractivity contribution in [1.29, 1.82) is 0 Å². The van der Waals surface area contributed by atoms with Crippen LogP contribution >= 0.6 is 0 Å². The number of hydrogen-bond donors (Lipinski definition) is 2. The van der Waals surface area contributed by atoms with Crippen LogP contribution in [0.5, 0.6) is 0 Å². The normalized spacial score (nSPS) is 21.5. The van der Waals surface area contributed by atoms with Gasteiger partial charge < -0.3 is 15.3 Å². The van der Waals surface area contributed by atoms with Crippen LogP contribution in [0.2, 0.25) is 0 Å². The molecule has 2 N–H and O–H groups in total. The Hall–Kier alpha value is -2.15. The smallest absolute Gasteiger partial charge is 0.321 e. The van der Waals surface area contributed by atoms with Crippen LogP contribution in [0.4, 0.5) is 16.2 Å². The fourth-order valence-corrected chi connectivity index (χ4v) is 2.73. The Morgan fingerprint density at radius 3 is 2.73 bits per heavy atom. The Morgan fingerprint density at radius 1 is 1.45 bits per heavy atom. The second kappa shape index (κ2) is 6.31. The predicted octanol–water partition coefficient (Wildman–Crippen LogP) is 2.45. The van der Waals surface area contributed by atoms with Gasteiger partial charge in [-0.25, -0.2) is 4.79 Å². The number of carbonyl (C=O) groups excluding carboxylic acids is 1. The van der Waals surface area contributed by atoms with Crippen LogP contribution in [0.15, 0.2) is 12.1 Å². The highest BCUT2D eigenvalue weighted by Crippen LogP contribution is 2.29. The molecule has 1 aliphatic heterocycles. The highest BCUT2D eigenvalue weighted by Gasteiger charge is 2.28. The molecule has 7 nitrogen and oxygen atoms in total. The summed E-state index contributed by atoms with van der Waals surface area (Å²) in [5, 5.41) is 23.5. The van der Waals surface area contributed by atoms with Gasteiger partial charge in [0.05, 0.1) is 22.3 Å². The van der Waals surface area contributed by atoms with E-state index in [2.05, 4.69) is 5.32 Å². The van der Waals surface area contributed by atoms with Crippen molar-refractivity contribution in [3.63, 3.8) is 0 Å². The first kappa shape index (κ1) is 16.2. The third-order valence-electron chi connectivity index (χ3n) is 4.22. The van der Waals surface area contributed by atoms with E-state index in [0.29, 0.717) is 30.8 Å². The molecule has 22 heavy (non-hydrogen) atoms. The number of nitro groups is 1. The molecule has 1 aromatic carbocycles. The number of nitro benzene ring substituents is 1. The number of benzene rings is 1. The first-order chi connectivity index (χ1) is 10.3. The van der Waals surface area contributed by atoms with Gasteiger partial charge in [0.1, 0.15) is 0 Å². The molecular weight excluding hydrogens is 286 g/mol. The monoisotopic (exact) mass is 307 g/mol. The van der Waals surface area contributed by atoms with E-state index in [0.717, 1.165) is 5.56 Å². The maximum Gasteiger partial charge on any atom is 0.321 e. The summed E-state index contributed by atoms with van der Waals surface area (Å²) < 4.78 is 0. The molecule has 0 aliphatic carbocycles. The van der Waals surface area contributed by atoms with Gasteiger partial charge in [0, 0.05) is 19.2 Å². The lowest BCUT2D eigenvalue weighted by atomic mass is 9.97. The summed E-state index contributed by atoms with van der Waals surface area (Å²) in [7, 11) is 0. The van der Waals surface area contributed by atoms with E-state index < -0.39 is 4.92 Å². The lowest BCUT2D eigenvalue weighted by Crippen LogP contribution is -2.46. The minimum atomic E-state index is -0.455. The number of aliphatic hydroxyl groups excluding tert-OH is 1. The van der Waals surface area contributed by atoms with E-state index in [1.807, 2.05) is 6.92 Å². The van der Waals surface area contributed by atoms with Gasteiger partial charge in [0.15, 0.2) is 0 Å². The van der Waals surface area contributed by atoms with E-state index in [-0.39, 0.29) is 23.7 Å². The lowest BCUT2D eigenvalue weighted by Gasteiger charge is -2.34. The summed E-state index contributed by atoms with van der Waals surface area (Å²) in [6, 6.07) is 2.79. The Labute approximate surface area is 129 Å². The number of nitrogens with one attached hydrogen (secondary N) is 1. The molecule has 1 saturated heterocycles. The van der Waals surface area contributed by atoms with E-state index in [4.69, 9.17) is 0 Å². The molecule has 1 fully saturated rings. The summed E-state index contributed by atoms with van der Waals surface area (Å²) in [6.07, 6.45) is 0.159. The molecule has 0 aromatic heterocycles. The molecule has 0 radical (unpaired) electrons. The molecule has 2 amide bonds. The van der Waals surface area contributed by atoms with Crippen LogP contribution in [0.3, 0.4) is 0 Å². The number of carbonyl (C=O) groups is 1. The van der Waals surface area contributed by atoms with Crippen molar-refractivity contribution in [2.45, 2.75) is 33.3 Å². The fourth-order valence-electron chi connectivity index (χ4n) is 2.73. The first-order valence-corrected chi connectivity index (χ1v) is 7.30. The van der Waals surface area contributed by atoms with Crippen molar-refractivity contribution < 1.29 is 14.8 Å². The number of aliphatic hydroxyl groups is 1. The molecule has 1 heterocycles. The van der Waals surface area contributed by atoms with E-state index >= 15 is 0 Å². The Bertz CT molecular complexity index is 603. The van der Waals surface area contributed by atoms with Crippen LogP contribution < -0.4 is 5.32 Å². The van der Waals surface area contributed by atoms with Crippen LogP contribution in [0.1, 0.15) is 24.5 Å². The summed E-state index contributed by atoms with van der Waals surface area (Å²) in [5.41, 5.74) is 1.70. The van der Waals surface area contributed by atoms with E-state index in [1.165, 1.54) is 6.07 Å². The average Bonchev–Trinajstić information content (AvgIpc) is 2.45. The van der Waals surface area contributed by atoms with Crippen molar-refractivity contribution in [2.75, 3.05) is 18.4 Å². The maximum absolute atomic E-state index is 12.4. The molecule has 1 aromatic rings. The minimum Gasteiger partial charge on any atom is -0.393 e. The maximum atomic E-state index is 12.4. The van der Waals surface area contributed by atoms with Gasteiger partial charge in [-0.1, -0.05) is 13.0 Å². The Morgan fingerprint density at radius 2 is 2.14 bits per heavy atom. The summed E-state index contributed by atoms with van der Waals surface area (Å²) in [4.78, 5) is 24.6. The van der Waals surface area contributed by atoms with E-state index in [1.54, 1.807) is 24.8 Å². The van der Waals surface area contributed by atoms with Gasteiger partial charge in [-0.15, -0.1) is 0 Å². The summed E-state index contributed by atoms with van der Waals surface area (Å²) in [5.74, 6) is 0.0202. The molecule has 120 valence electrons. The highest BCUT2D eigenvalue weighted by atomic mass is 16.6. The van der Waals surface area contributed by atoms with Gasteiger partial charge in [-0.05, 0) is 31.7 Å². The van der Waals surface area contributed by atoms with Gasteiger partial charge in [0.25, 0.3) is 5.69 Å². The Kier molecular flexibility index (Phi) is 4.65. The largest absolute Gasteiger partial charge is 0.393 e. The minimum absolute atomic E-state index is 0.0108. The van der Waals surface area contributed by atoms with Crippen molar-refractivity contribution in [3.05, 3.63) is 33.4 Å². The lowest BCUT2D eigenvalue weighted by molar-refractivity contribution is -0.385. The zero-order chi connectivity index (χ0) is 16.4. The molecule has 0 saturated carbocycles. The van der Waals surface area contributed by atoms with Gasteiger partial charge in [-0.2, -0.15) is 0 Å². The second-order valence-corrected chi connectivity index (χ2v) is 5.87. The number of rotatable bonds is 2. The van der Waals surface area contributed by atoms with Crippen molar-refractivity contribution in [2.24, 2.45) is 5.92 Å². The molecule has 0 spiro atoms.